The van der Waals surface area contributed by atoms with Crippen molar-refractivity contribution in [3.8, 4) is 0 Å². The Morgan fingerprint density at radius 1 is 1.09 bits per heavy atom. The number of carbonyl (C=O) groups excluding carboxylic acids is 1. The highest BCUT2D eigenvalue weighted by Gasteiger charge is 2.11. The van der Waals surface area contributed by atoms with Crippen LogP contribution in [-0.4, -0.2) is 51.1 Å². The molecule has 0 unspecified atom stereocenters. The van der Waals surface area contributed by atoms with Gasteiger partial charge in [-0.25, -0.2) is 0 Å². The summed E-state index contributed by atoms with van der Waals surface area (Å²) in [6, 6.07) is 7.97. The van der Waals surface area contributed by atoms with Crippen LogP contribution < -0.4 is 10.2 Å². The minimum atomic E-state index is 0. The molecule has 0 atom stereocenters. The van der Waals surface area contributed by atoms with E-state index >= 15 is 0 Å². The Hall–Kier alpha value is -0.970. The highest BCUT2D eigenvalue weighted by atomic mass is 35.5. The molecule has 0 aromatic heterocycles. The first-order valence-electron chi connectivity index (χ1n) is 7.89. The van der Waals surface area contributed by atoms with Gasteiger partial charge < -0.3 is 15.1 Å². The highest BCUT2D eigenvalue weighted by molar-refractivity contribution is 5.94. The zero-order chi connectivity index (χ0) is 15.7. The maximum atomic E-state index is 12.3. The fourth-order valence-electron chi connectivity index (χ4n) is 2.24. The van der Waals surface area contributed by atoms with E-state index < -0.39 is 0 Å². The number of likely N-dealkylation sites (N-methyl/N-ethyl adjacent to an activating group) is 2. The topological polar surface area (TPSA) is 35.6 Å². The van der Waals surface area contributed by atoms with E-state index in [0.717, 1.165) is 25.2 Å². The summed E-state index contributed by atoms with van der Waals surface area (Å²) >= 11 is 0. The number of hydrogen-bond donors (Lipinski definition) is 1. The molecule has 0 spiro atoms. The molecule has 0 bridgehead atoms. The molecule has 0 aliphatic carbocycles. The van der Waals surface area contributed by atoms with E-state index in [0.29, 0.717) is 6.54 Å². The van der Waals surface area contributed by atoms with Gasteiger partial charge in [0.05, 0.1) is 0 Å². The molecule has 1 amide bonds. The van der Waals surface area contributed by atoms with Crippen LogP contribution in [0.4, 0.5) is 5.69 Å². The van der Waals surface area contributed by atoms with Gasteiger partial charge in [-0.2, -0.15) is 0 Å². The van der Waals surface area contributed by atoms with Crippen molar-refractivity contribution in [1.82, 2.24) is 10.2 Å². The Morgan fingerprint density at radius 2 is 1.70 bits per heavy atom. The van der Waals surface area contributed by atoms with Gasteiger partial charge in [-0.1, -0.05) is 13.3 Å². The van der Waals surface area contributed by atoms with Crippen molar-refractivity contribution >= 4 is 36.4 Å². The molecule has 0 fully saturated rings. The van der Waals surface area contributed by atoms with Crippen molar-refractivity contribution in [2.24, 2.45) is 0 Å². The molecule has 0 heterocycles. The summed E-state index contributed by atoms with van der Waals surface area (Å²) in [5.74, 6) is 0.0772. The lowest BCUT2D eigenvalue weighted by Gasteiger charge is -2.23. The van der Waals surface area contributed by atoms with Crippen LogP contribution in [0.2, 0.25) is 0 Å². The smallest absolute Gasteiger partial charge is 0.253 e. The Labute approximate surface area is 153 Å². The Morgan fingerprint density at radius 3 is 2.17 bits per heavy atom. The largest absolute Gasteiger partial charge is 0.372 e. The third kappa shape index (κ3) is 7.91. The van der Waals surface area contributed by atoms with Gasteiger partial charge in [0.25, 0.3) is 5.91 Å². The van der Waals surface area contributed by atoms with Gasteiger partial charge in [-0.05, 0) is 44.7 Å². The number of nitrogens with zero attached hydrogens (tertiary/aromatic N) is 2. The van der Waals surface area contributed by atoms with Crippen molar-refractivity contribution in [2.45, 2.75) is 26.7 Å². The minimum Gasteiger partial charge on any atom is -0.372 e. The number of nitrogens with one attached hydrogen (secondary N) is 1. The summed E-state index contributed by atoms with van der Waals surface area (Å²) in [6.07, 6.45) is 2.39. The van der Waals surface area contributed by atoms with Crippen molar-refractivity contribution in [3.63, 3.8) is 0 Å². The summed E-state index contributed by atoms with van der Waals surface area (Å²) in [5, 5.41) is 3.06. The lowest BCUT2D eigenvalue weighted by atomic mass is 10.1. The van der Waals surface area contributed by atoms with E-state index in [1.165, 1.54) is 18.5 Å². The second-order valence-corrected chi connectivity index (χ2v) is 5.31. The summed E-state index contributed by atoms with van der Waals surface area (Å²) in [6.45, 7) is 7.96. The van der Waals surface area contributed by atoms with Gasteiger partial charge in [0.1, 0.15) is 0 Å². The van der Waals surface area contributed by atoms with Crippen LogP contribution in [-0.2, 0) is 0 Å². The molecule has 134 valence electrons. The molecule has 1 aromatic carbocycles. The SMILES string of the molecule is CCCCN(CC)c1ccc(C(=O)N(C)CCNC)cc1.Cl.Cl. The van der Waals surface area contributed by atoms with Gasteiger partial charge in [0, 0.05) is 44.5 Å². The van der Waals surface area contributed by atoms with E-state index in [-0.39, 0.29) is 30.7 Å². The van der Waals surface area contributed by atoms with Crippen LogP contribution in [0.25, 0.3) is 0 Å². The van der Waals surface area contributed by atoms with Crippen LogP contribution in [0, 0.1) is 0 Å². The zero-order valence-electron chi connectivity index (χ0n) is 14.7. The highest BCUT2D eigenvalue weighted by Crippen LogP contribution is 2.16. The fourth-order valence-corrected chi connectivity index (χ4v) is 2.24. The molecule has 6 heteroatoms. The third-order valence-corrected chi connectivity index (χ3v) is 3.69. The van der Waals surface area contributed by atoms with Gasteiger partial charge in [-0.3, -0.25) is 4.79 Å². The van der Waals surface area contributed by atoms with Crippen molar-refractivity contribution in [3.05, 3.63) is 29.8 Å². The van der Waals surface area contributed by atoms with Crippen LogP contribution in [0.1, 0.15) is 37.0 Å². The molecule has 4 nitrogen and oxygen atoms in total. The predicted molar refractivity (Wildman–Crippen MR) is 105 cm³/mol. The number of unbranched alkanes of at least 4 members (excludes halogenated alkanes) is 1. The second kappa shape index (κ2) is 13.5. The molecule has 23 heavy (non-hydrogen) atoms. The van der Waals surface area contributed by atoms with Crippen molar-refractivity contribution in [1.29, 1.82) is 0 Å². The number of hydrogen-bond acceptors (Lipinski definition) is 3. The normalized spacial score (nSPS) is 9.57. The average molecular weight is 364 g/mol. The first-order chi connectivity index (χ1) is 10.1. The van der Waals surface area contributed by atoms with Gasteiger partial charge >= 0.3 is 0 Å². The standard InChI is InChI=1S/C17H29N3O.2ClH/c1-5-7-13-20(6-2)16-10-8-15(9-11-16)17(21)19(4)14-12-18-3;;/h8-11,18H,5-7,12-14H2,1-4H3;2*1H. The minimum absolute atomic E-state index is 0. The van der Waals surface area contributed by atoms with E-state index in [2.05, 4.69) is 36.2 Å². The maximum absolute atomic E-state index is 12.3. The van der Waals surface area contributed by atoms with E-state index in [4.69, 9.17) is 0 Å². The molecular formula is C17H31Cl2N3O. The van der Waals surface area contributed by atoms with Gasteiger partial charge in [-0.15, -0.1) is 24.8 Å². The monoisotopic (exact) mass is 363 g/mol. The molecule has 1 N–H and O–H groups in total. The Kier molecular flexibility index (Phi) is 14.2. The lowest BCUT2D eigenvalue weighted by molar-refractivity contribution is 0.0797. The lowest BCUT2D eigenvalue weighted by Crippen LogP contribution is -2.32. The number of halogens is 2. The van der Waals surface area contributed by atoms with Crippen LogP contribution >= 0.6 is 24.8 Å². The summed E-state index contributed by atoms with van der Waals surface area (Å²) in [7, 11) is 3.73. The third-order valence-electron chi connectivity index (χ3n) is 3.69. The van der Waals surface area contributed by atoms with Crippen LogP contribution in [0.15, 0.2) is 24.3 Å². The maximum Gasteiger partial charge on any atom is 0.253 e. The number of rotatable bonds is 9. The van der Waals surface area contributed by atoms with Gasteiger partial charge in [0.2, 0.25) is 0 Å². The van der Waals surface area contributed by atoms with E-state index in [1.54, 1.807) is 4.90 Å². The molecule has 1 aromatic rings. The molecule has 0 saturated carbocycles. The number of anilines is 1. The first-order valence-corrected chi connectivity index (χ1v) is 7.89. The summed E-state index contributed by atoms with van der Waals surface area (Å²) in [5.41, 5.74) is 1.95. The number of carbonyl (C=O) groups is 1. The molecule has 0 aliphatic heterocycles. The Bertz CT molecular complexity index is 426. The molecular weight excluding hydrogens is 333 g/mol. The molecule has 0 saturated heterocycles. The van der Waals surface area contributed by atoms with Crippen molar-refractivity contribution in [2.75, 3.05) is 45.2 Å². The summed E-state index contributed by atoms with van der Waals surface area (Å²) < 4.78 is 0. The molecule has 1 rings (SSSR count). The number of benzene rings is 1. The van der Waals surface area contributed by atoms with Crippen LogP contribution in [0.3, 0.4) is 0 Å². The Balaban J connectivity index is 0. The quantitative estimate of drug-likeness (QED) is 0.729. The summed E-state index contributed by atoms with van der Waals surface area (Å²) in [4.78, 5) is 16.4. The zero-order valence-corrected chi connectivity index (χ0v) is 16.3. The molecule has 0 aliphatic rings. The fraction of sp³-hybridized carbons (Fsp3) is 0.588. The van der Waals surface area contributed by atoms with Crippen molar-refractivity contribution < 1.29 is 4.79 Å². The average Bonchev–Trinajstić information content (AvgIpc) is 2.53. The number of amides is 1. The van der Waals surface area contributed by atoms with E-state index in [1.807, 2.05) is 26.2 Å². The van der Waals surface area contributed by atoms with Crippen LogP contribution in [0.5, 0.6) is 0 Å². The van der Waals surface area contributed by atoms with Gasteiger partial charge in [0.15, 0.2) is 0 Å². The first kappa shape index (κ1) is 24.3. The molecule has 0 radical (unpaired) electrons. The second-order valence-electron chi connectivity index (χ2n) is 5.31. The van der Waals surface area contributed by atoms with E-state index in [9.17, 15) is 4.79 Å². The predicted octanol–water partition coefficient (Wildman–Crippen LogP) is 3.45.